The summed E-state index contributed by atoms with van der Waals surface area (Å²) < 4.78 is 20.3. The van der Waals surface area contributed by atoms with Crippen LogP contribution in [-0.4, -0.2) is 55.1 Å². The first kappa shape index (κ1) is 14.4. The molecule has 3 rings (SSSR count). The summed E-state index contributed by atoms with van der Waals surface area (Å²) in [4.78, 5) is 19.3. The van der Waals surface area contributed by atoms with Gasteiger partial charge in [-0.2, -0.15) is 0 Å². The van der Waals surface area contributed by atoms with Gasteiger partial charge in [-0.3, -0.25) is 4.79 Å². The monoisotopic (exact) mass is 324 g/mol. The van der Waals surface area contributed by atoms with E-state index < -0.39 is 36.6 Å². The van der Waals surface area contributed by atoms with Crippen molar-refractivity contribution in [3.05, 3.63) is 18.6 Å². The predicted molar refractivity (Wildman–Crippen MR) is 79.1 cm³/mol. The standard InChI is InChI=1S/C14H18N4O5/c1-7(20)22-10-9(5-19)23-13(14(10,2)21)18-4-3-8-11(15)16-6-17-12(8)18/h3-4,6,9-10,13,19,21H,5H2,1-2H3,(H2,15,16,17)/i3T. The van der Waals surface area contributed by atoms with Crippen LogP contribution in [0.25, 0.3) is 11.0 Å². The second-order valence-corrected chi connectivity index (χ2v) is 5.60. The van der Waals surface area contributed by atoms with Gasteiger partial charge in [0, 0.05) is 13.1 Å². The van der Waals surface area contributed by atoms with E-state index in [1.54, 1.807) is 0 Å². The van der Waals surface area contributed by atoms with Gasteiger partial charge in [0.1, 0.15) is 29.5 Å². The zero-order chi connectivity index (χ0) is 17.6. The number of anilines is 1. The zero-order valence-electron chi connectivity index (χ0n) is 13.6. The summed E-state index contributed by atoms with van der Waals surface area (Å²) in [5.74, 6) is -0.468. The molecule has 124 valence electrons. The van der Waals surface area contributed by atoms with Crippen LogP contribution >= 0.6 is 0 Å². The van der Waals surface area contributed by atoms with Gasteiger partial charge in [0.15, 0.2) is 12.3 Å². The molecule has 23 heavy (non-hydrogen) atoms. The highest BCUT2D eigenvalue weighted by Crippen LogP contribution is 2.41. The highest BCUT2D eigenvalue weighted by molar-refractivity contribution is 5.86. The molecule has 0 bridgehead atoms. The Balaban J connectivity index is 2.10. The molecule has 1 saturated heterocycles. The van der Waals surface area contributed by atoms with Crippen molar-refractivity contribution in [2.45, 2.75) is 37.9 Å². The molecule has 3 heterocycles. The quantitative estimate of drug-likeness (QED) is 0.649. The van der Waals surface area contributed by atoms with Gasteiger partial charge in [-0.25, -0.2) is 9.97 Å². The highest BCUT2D eigenvalue weighted by Gasteiger charge is 2.55. The number of carbonyl (C=O) groups is 1. The normalized spacial score (nSPS) is 31.3. The summed E-state index contributed by atoms with van der Waals surface area (Å²) in [5, 5.41) is 20.7. The van der Waals surface area contributed by atoms with Gasteiger partial charge in [-0.15, -0.1) is 0 Å². The molecule has 2 aromatic heterocycles. The third-order valence-electron chi connectivity index (χ3n) is 3.89. The van der Waals surface area contributed by atoms with Gasteiger partial charge in [0.25, 0.3) is 0 Å². The summed E-state index contributed by atoms with van der Waals surface area (Å²) >= 11 is 0. The van der Waals surface area contributed by atoms with Crippen LogP contribution in [0.1, 0.15) is 21.4 Å². The lowest BCUT2D eigenvalue weighted by atomic mass is 9.96. The fourth-order valence-corrected chi connectivity index (χ4v) is 2.85. The van der Waals surface area contributed by atoms with Gasteiger partial charge in [0.2, 0.25) is 0 Å². The molecule has 1 fully saturated rings. The van der Waals surface area contributed by atoms with E-state index in [2.05, 4.69) is 9.97 Å². The predicted octanol–water partition coefficient (Wildman–Crippen LogP) is -0.414. The first-order valence-corrected chi connectivity index (χ1v) is 7.01. The first-order chi connectivity index (χ1) is 11.3. The Morgan fingerprint density at radius 1 is 1.65 bits per heavy atom. The molecule has 0 saturated carbocycles. The number of rotatable bonds is 3. The van der Waals surface area contributed by atoms with Crippen LogP contribution in [0.4, 0.5) is 5.82 Å². The van der Waals surface area contributed by atoms with E-state index in [-0.39, 0.29) is 11.9 Å². The van der Waals surface area contributed by atoms with Crippen molar-refractivity contribution in [3.63, 3.8) is 0 Å². The average molecular weight is 324 g/mol. The van der Waals surface area contributed by atoms with Crippen molar-refractivity contribution in [1.29, 1.82) is 0 Å². The number of aliphatic hydroxyl groups excluding tert-OH is 1. The molecule has 2 aromatic rings. The fourth-order valence-electron chi connectivity index (χ4n) is 2.85. The Kier molecular flexibility index (Phi) is 3.40. The minimum Gasteiger partial charge on any atom is -0.456 e. The van der Waals surface area contributed by atoms with E-state index in [4.69, 9.17) is 16.6 Å². The molecule has 0 spiro atoms. The largest absolute Gasteiger partial charge is 0.456 e. The van der Waals surface area contributed by atoms with Gasteiger partial charge in [0.05, 0.1) is 13.4 Å². The number of aromatic nitrogens is 3. The van der Waals surface area contributed by atoms with Gasteiger partial charge in [-0.05, 0) is 13.0 Å². The van der Waals surface area contributed by atoms with Crippen LogP contribution in [-0.2, 0) is 14.3 Å². The zero-order valence-corrected chi connectivity index (χ0v) is 12.6. The number of hydrogen-bond donors (Lipinski definition) is 3. The lowest BCUT2D eigenvalue weighted by Crippen LogP contribution is -2.46. The molecule has 0 aliphatic carbocycles. The third kappa shape index (κ3) is 2.42. The lowest BCUT2D eigenvalue weighted by molar-refractivity contribution is -0.161. The summed E-state index contributed by atoms with van der Waals surface area (Å²) in [6.45, 7) is 2.19. The Morgan fingerprint density at radius 2 is 2.39 bits per heavy atom. The van der Waals surface area contributed by atoms with Crippen molar-refractivity contribution < 1.29 is 25.9 Å². The van der Waals surface area contributed by atoms with Crippen LogP contribution in [0.5, 0.6) is 0 Å². The van der Waals surface area contributed by atoms with Crippen LogP contribution in [0, 0.1) is 0 Å². The van der Waals surface area contributed by atoms with Crippen LogP contribution < -0.4 is 5.73 Å². The van der Waals surface area contributed by atoms with Crippen molar-refractivity contribution in [2.24, 2.45) is 0 Å². The number of nitrogen functional groups attached to an aromatic ring is 1. The number of ether oxygens (including phenoxy) is 2. The molecular formula is C14H18N4O5. The molecular weight excluding hydrogens is 304 g/mol. The molecule has 0 aromatic carbocycles. The van der Waals surface area contributed by atoms with Crippen molar-refractivity contribution >= 4 is 22.8 Å². The van der Waals surface area contributed by atoms with E-state index in [0.29, 0.717) is 11.0 Å². The number of esters is 1. The van der Waals surface area contributed by atoms with Crippen LogP contribution in [0.15, 0.2) is 18.6 Å². The molecule has 1 aliphatic rings. The first-order valence-electron chi connectivity index (χ1n) is 7.51. The van der Waals surface area contributed by atoms with Crippen LogP contribution in [0.2, 0.25) is 0 Å². The summed E-state index contributed by atoms with van der Waals surface area (Å²) in [6, 6.07) is 0.0685. The van der Waals surface area contributed by atoms with Crippen LogP contribution in [0.3, 0.4) is 0 Å². The van der Waals surface area contributed by atoms with Crippen molar-refractivity contribution in [3.8, 4) is 0 Å². The van der Waals surface area contributed by atoms with E-state index in [0.717, 1.165) is 0 Å². The van der Waals surface area contributed by atoms with Gasteiger partial charge in [-0.1, -0.05) is 0 Å². The maximum Gasteiger partial charge on any atom is 0.303 e. The second kappa shape index (κ2) is 5.44. The average Bonchev–Trinajstić information content (AvgIpc) is 2.95. The van der Waals surface area contributed by atoms with E-state index >= 15 is 0 Å². The van der Waals surface area contributed by atoms with Crippen molar-refractivity contribution in [1.82, 2.24) is 14.5 Å². The second-order valence-electron chi connectivity index (χ2n) is 5.60. The molecule has 9 nitrogen and oxygen atoms in total. The molecule has 0 amide bonds. The third-order valence-corrected chi connectivity index (χ3v) is 3.89. The minimum atomic E-state index is -1.66. The van der Waals surface area contributed by atoms with E-state index in [1.165, 1.54) is 30.9 Å². The maximum absolute atomic E-state index is 11.3. The van der Waals surface area contributed by atoms with E-state index in [1.807, 2.05) is 0 Å². The SMILES string of the molecule is [3H]c1cn(C2OC(CO)C(OC(C)=O)C2(C)O)c2ncnc(N)c12. The summed E-state index contributed by atoms with van der Waals surface area (Å²) in [7, 11) is 0. The van der Waals surface area contributed by atoms with E-state index in [9.17, 15) is 15.0 Å². The minimum absolute atomic E-state index is 0.0685. The molecule has 4 unspecified atom stereocenters. The highest BCUT2D eigenvalue weighted by atomic mass is 16.6. The number of nitrogens with zero attached hydrogens (tertiary/aromatic N) is 3. The Morgan fingerprint density at radius 3 is 3.04 bits per heavy atom. The molecule has 0 radical (unpaired) electrons. The number of aliphatic hydroxyl groups is 2. The fraction of sp³-hybridized carbons (Fsp3) is 0.500. The Bertz CT molecular complexity index is 793. The van der Waals surface area contributed by atoms with Crippen molar-refractivity contribution in [2.75, 3.05) is 12.3 Å². The Labute approximate surface area is 133 Å². The lowest BCUT2D eigenvalue weighted by Gasteiger charge is -2.29. The van der Waals surface area contributed by atoms with Gasteiger partial charge < -0.3 is 30.0 Å². The molecule has 4 N–H and O–H groups in total. The topological polar surface area (TPSA) is 133 Å². The number of fused-ring (bicyclic) bond motifs is 1. The smallest absolute Gasteiger partial charge is 0.303 e. The Hall–Kier alpha value is -2.23. The van der Waals surface area contributed by atoms with Gasteiger partial charge >= 0.3 is 5.97 Å². The summed E-state index contributed by atoms with van der Waals surface area (Å²) in [6.07, 6.45) is -0.380. The molecule has 9 heteroatoms. The number of hydrogen-bond acceptors (Lipinski definition) is 8. The number of nitrogens with two attached hydrogens (primary N) is 1. The number of carbonyl (C=O) groups excluding carboxylic acids is 1. The summed E-state index contributed by atoms with van der Waals surface area (Å²) in [5.41, 5.74) is 4.43. The molecule has 1 aliphatic heterocycles. The maximum atomic E-state index is 11.3. The molecule has 4 atom stereocenters.